The fraction of sp³-hybridized carbons (Fsp3) is 0.516. The smallest absolute Gasteiger partial charge is 0.354 e. The number of nitrogens with one attached hydrogen (secondary N) is 3. The third kappa shape index (κ3) is 11.2. The summed E-state index contributed by atoms with van der Waals surface area (Å²) in [6.07, 6.45) is 2.89. The number of benzene rings is 2. The Kier molecular flexibility index (Phi) is 12.6. The lowest BCUT2D eigenvalue weighted by molar-refractivity contribution is -0.137. The highest BCUT2D eigenvalue weighted by atomic mass is 19.4. The molecule has 2 aromatic rings. The fourth-order valence-corrected chi connectivity index (χ4v) is 5.38. The number of amides is 3. The molecule has 3 rings (SSSR count). The molecule has 0 aliphatic heterocycles. The van der Waals surface area contributed by atoms with Crippen LogP contribution in [0.5, 0.6) is 0 Å². The highest BCUT2D eigenvalue weighted by molar-refractivity contribution is 5.90. The first kappa shape index (κ1) is 32.1. The Morgan fingerprint density at radius 1 is 0.878 bits per heavy atom. The van der Waals surface area contributed by atoms with Crippen LogP contribution in [-0.4, -0.2) is 35.5 Å². The molecule has 0 aromatic heterocycles. The summed E-state index contributed by atoms with van der Waals surface area (Å²) in [4.78, 5) is 38.6. The number of hydrogen-bond donors (Lipinski definition) is 4. The van der Waals surface area contributed by atoms with Gasteiger partial charge < -0.3 is 10.6 Å². The van der Waals surface area contributed by atoms with Gasteiger partial charge in [-0.15, -0.1) is 0 Å². The molecule has 1 saturated carbocycles. The molecule has 2 aromatic carbocycles. The van der Waals surface area contributed by atoms with Crippen molar-refractivity contribution in [3.8, 4) is 0 Å². The average Bonchev–Trinajstić information content (AvgIpc) is 2.97. The van der Waals surface area contributed by atoms with Gasteiger partial charge in [0.25, 0.3) is 0 Å². The maximum Gasteiger partial charge on any atom is 0.416 e. The Morgan fingerprint density at radius 2 is 1.54 bits per heavy atom. The second kappa shape index (κ2) is 16.1. The van der Waals surface area contributed by atoms with E-state index in [2.05, 4.69) is 10.6 Å². The summed E-state index contributed by atoms with van der Waals surface area (Å²) < 4.78 is 38.5. The van der Waals surface area contributed by atoms with Gasteiger partial charge in [-0.25, -0.2) is 5.48 Å². The van der Waals surface area contributed by atoms with Crippen molar-refractivity contribution in [3.05, 3.63) is 71.3 Å². The molecule has 3 amide bonds. The predicted octanol–water partition coefficient (Wildman–Crippen LogP) is 5.35. The Labute approximate surface area is 239 Å². The molecule has 10 heteroatoms. The van der Waals surface area contributed by atoms with Gasteiger partial charge in [0.05, 0.1) is 5.56 Å². The van der Waals surface area contributed by atoms with Crippen molar-refractivity contribution in [1.82, 2.24) is 16.1 Å². The number of hydroxylamine groups is 1. The van der Waals surface area contributed by atoms with Crippen molar-refractivity contribution < 1.29 is 32.8 Å². The van der Waals surface area contributed by atoms with E-state index in [0.717, 1.165) is 49.8 Å². The first-order valence-electron chi connectivity index (χ1n) is 14.4. The van der Waals surface area contributed by atoms with Gasteiger partial charge in [0.1, 0.15) is 6.04 Å². The van der Waals surface area contributed by atoms with E-state index in [9.17, 15) is 27.6 Å². The zero-order valence-electron chi connectivity index (χ0n) is 23.2. The second-order valence-electron chi connectivity index (χ2n) is 10.9. The van der Waals surface area contributed by atoms with Crippen LogP contribution in [0.1, 0.15) is 74.5 Å². The van der Waals surface area contributed by atoms with E-state index in [0.29, 0.717) is 43.7 Å². The van der Waals surface area contributed by atoms with Crippen LogP contribution in [0.15, 0.2) is 54.6 Å². The highest BCUT2D eigenvalue weighted by Gasteiger charge is 2.31. The lowest BCUT2D eigenvalue weighted by Crippen LogP contribution is -2.50. The zero-order valence-corrected chi connectivity index (χ0v) is 23.2. The van der Waals surface area contributed by atoms with Gasteiger partial charge in [0, 0.05) is 18.9 Å². The maximum atomic E-state index is 13.4. The van der Waals surface area contributed by atoms with Crippen LogP contribution in [0, 0.1) is 11.8 Å². The molecule has 0 unspecified atom stereocenters. The molecule has 0 spiro atoms. The van der Waals surface area contributed by atoms with Crippen molar-refractivity contribution in [2.75, 3.05) is 6.54 Å². The molecule has 224 valence electrons. The first-order chi connectivity index (χ1) is 19.7. The quantitative estimate of drug-likeness (QED) is 0.180. The third-order valence-corrected chi connectivity index (χ3v) is 7.71. The Morgan fingerprint density at radius 3 is 2.17 bits per heavy atom. The minimum atomic E-state index is -4.42. The minimum Gasteiger partial charge on any atom is -0.354 e. The first-order valence-corrected chi connectivity index (χ1v) is 14.4. The largest absolute Gasteiger partial charge is 0.416 e. The van der Waals surface area contributed by atoms with Crippen molar-refractivity contribution >= 4 is 17.7 Å². The second-order valence-corrected chi connectivity index (χ2v) is 10.9. The van der Waals surface area contributed by atoms with Gasteiger partial charge in [-0.3, -0.25) is 19.6 Å². The van der Waals surface area contributed by atoms with Crippen molar-refractivity contribution in [2.24, 2.45) is 11.8 Å². The molecule has 4 N–H and O–H groups in total. The minimum absolute atomic E-state index is 0.256. The predicted molar refractivity (Wildman–Crippen MR) is 149 cm³/mol. The number of rotatable bonds is 14. The monoisotopic (exact) mass is 575 g/mol. The standard InChI is InChI=1S/C31H40F3N3O4/c32-31(33,34)26-16-14-23(15-17-26)12-7-13-25(21-28(38)37-41)29(39)36-27(20-24-10-5-2-6-11-24)30(40)35-19-18-22-8-3-1-4-9-22/h1,3-4,8-9,14-17,24-25,27,41H,2,5-7,10-13,18-21H2,(H,35,40)(H,36,39)(H,37,38)/t25-,27+/m1/s1. The molecule has 0 bridgehead atoms. The SMILES string of the molecule is O=C(C[C@@H](CCCc1ccc(C(F)(F)F)cc1)C(=O)N[C@@H](CC1CCCCC1)C(=O)NCCc1ccccc1)NO. The average molecular weight is 576 g/mol. The normalized spacial score (nSPS) is 15.5. The molecule has 1 fully saturated rings. The molecule has 1 aliphatic carbocycles. The van der Waals surface area contributed by atoms with Crippen molar-refractivity contribution in [1.29, 1.82) is 0 Å². The zero-order chi connectivity index (χ0) is 29.7. The van der Waals surface area contributed by atoms with Gasteiger partial charge >= 0.3 is 6.18 Å². The van der Waals surface area contributed by atoms with E-state index in [1.54, 1.807) is 5.48 Å². The Balaban J connectivity index is 1.62. The number of carbonyl (C=O) groups is 3. The number of hydrogen-bond acceptors (Lipinski definition) is 4. The van der Waals surface area contributed by atoms with Crippen LogP contribution in [-0.2, 0) is 33.4 Å². The summed E-state index contributed by atoms with van der Waals surface area (Å²) in [5.74, 6) is -1.96. The summed E-state index contributed by atoms with van der Waals surface area (Å²) >= 11 is 0. The molecular weight excluding hydrogens is 535 g/mol. The molecule has 41 heavy (non-hydrogen) atoms. The van der Waals surface area contributed by atoms with Crippen LogP contribution in [0.4, 0.5) is 13.2 Å². The van der Waals surface area contributed by atoms with Gasteiger partial charge in [0.2, 0.25) is 17.7 Å². The van der Waals surface area contributed by atoms with E-state index >= 15 is 0 Å². The molecule has 0 saturated heterocycles. The number of halogens is 3. The summed E-state index contributed by atoms with van der Waals surface area (Å²) in [6.45, 7) is 0.420. The van der Waals surface area contributed by atoms with Gasteiger partial charge in [-0.2, -0.15) is 13.2 Å². The Bertz CT molecular complexity index is 1100. The molecule has 0 heterocycles. The lowest BCUT2D eigenvalue weighted by atomic mass is 9.84. The summed E-state index contributed by atoms with van der Waals surface area (Å²) in [7, 11) is 0. The third-order valence-electron chi connectivity index (χ3n) is 7.71. The van der Waals surface area contributed by atoms with Gasteiger partial charge in [-0.05, 0) is 61.3 Å². The molecule has 1 aliphatic rings. The van der Waals surface area contributed by atoms with E-state index in [1.807, 2.05) is 30.3 Å². The molecule has 7 nitrogen and oxygen atoms in total. The maximum absolute atomic E-state index is 13.4. The molecule has 2 atom stereocenters. The highest BCUT2D eigenvalue weighted by Crippen LogP contribution is 2.30. The van der Waals surface area contributed by atoms with Gasteiger partial charge in [0.15, 0.2) is 0 Å². The fourth-order valence-electron chi connectivity index (χ4n) is 5.38. The Hall–Kier alpha value is -3.40. The van der Waals surface area contributed by atoms with Crippen molar-refractivity contribution in [2.45, 2.75) is 82.8 Å². The number of aryl methyl sites for hydroxylation is 1. The summed E-state index contributed by atoms with van der Waals surface area (Å²) in [5, 5.41) is 14.9. The van der Waals surface area contributed by atoms with E-state index in [-0.39, 0.29) is 18.7 Å². The summed E-state index contributed by atoms with van der Waals surface area (Å²) in [5.41, 5.74) is 2.59. The number of alkyl halides is 3. The van der Waals surface area contributed by atoms with Crippen LogP contribution < -0.4 is 16.1 Å². The van der Waals surface area contributed by atoms with Crippen LogP contribution in [0.3, 0.4) is 0 Å². The molecular formula is C31H40F3N3O4. The lowest BCUT2D eigenvalue weighted by Gasteiger charge is -2.28. The number of carbonyl (C=O) groups excluding carboxylic acids is 3. The van der Waals surface area contributed by atoms with Gasteiger partial charge in [-0.1, -0.05) is 74.6 Å². The van der Waals surface area contributed by atoms with E-state index in [1.165, 1.54) is 12.1 Å². The van der Waals surface area contributed by atoms with Crippen molar-refractivity contribution in [3.63, 3.8) is 0 Å². The van der Waals surface area contributed by atoms with E-state index in [4.69, 9.17) is 5.21 Å². The van der Waals surface area contributed by atoms with Crippen LogP contribution in [0.25, 0.3) is 0 Å². The van der Waals surface area contributed by atoms with Crippen LogP contribution in [0.2, 0.25) is 0 Å². The van der Waals surface area contributed by atoms with E-state index < -0.39 is 35.5 Å². The molecule has 0 radical (unpaired) electrons. The van der Waals surface area contributed by atoms with Crippen LogP contribution >= 0.6 is 0 Å². The summed E-state index contributed by atoms with van der Waals surface area (Å²) in [6, 6.07) is 13.8. The topological polar surface area (TPSA) is 108 Å².